The van der Waals surface area contributed by atoms with Crippen LogP contribution in [0.1, 0.15) is 45.6 Å². The lowest BCUT2D eigenvalue weighted by molar-refractivity contribution is -0.140. The van der Waals surface area contributed by atoms with Crippen molar-refractivity contribution in [3.63, 3.8) is 0 Å². The molecule has 37 heavy (non-hydrogen) atoms. The van der Waals surface area contributed by atoms with Crippen LogP contribution in [0.2, 0.25) is 0 Å². The van der Waals surface area contributed by atoms with Crippen LogP contribution in [0.5, 0.6) is 11.5 Å². The van der Waals surface area contributed by atoms with Crippen molar-refractivity contribution in [2.24, 2.45) is 0 Å². The minimum atomic E-state index is -3.57. The fourth-order valence-corrected chi connectivity index (χ4v) is 4.73. The van der Waals surface area contributed by atoms with Crippen molar-refractivity contribution >= 4 is 27.5 Å². The molecule has 0 aliphatic rings. The molecule has 0 saturated carbocycles. The molecule has 204 valence electrons. The maximum Gasteiger partial charge on any atom is 0.242 e. The highest BCUT2D eigenvalue weighted by Gasteiger charge is 2.27. The van der Waals surface area contributed by atoms with Gasteiger partial charge in [-0.15, -0.1) is 0 Å². The van der Waals surface area contributed by atoms with Gasteiger partial charge in [-0.1, -0.05) is 19.1 Å². The lowest BCUT2D eigenvalue weighted by atomic mass is 10.1. The van der Waals surface area contributed by atoms with Gasteiger partial charge in [-0.3, -0.25) is 13.9 Å². The highest BCUT2D eigenvalue weighted by molar-refractivity contribution is 7.92. The van der Waals surface area contributed by atoms with Crippen molar-refractivity contribution in [1.29, 1.82) is 0 Å². The molecule has 0 spiro atoms. The normalized spacial score (nSPS) is 12.8. The number of hydrogen-bond acceptors (Lipinski definition) is 6. The molecule has 0 bridgehead atoms. The van der Waals surface area contributed by atoms with Crippen LogP contribution in [0.25, 0.3) is 0 Å². The van der Waals surface area contributed by atoms with E-state index in [0.717, 1.165) is 18.2 Å². The number of carbonyl (C=O) groups excluding carboxylic acids is 2. The summed E-state index contributed by atoms with van der Waals surface area (Å²) >= 11 is 0. The SMILES string of the molecule is CCC(C)NC(=O)C(C)N(Cc1cccc(OC)c1)C(=O)CCCN(c1ccc(OC)cc1)S(C)(=O)=O. The van der Waals surface area contributed by atoms with E-state index in [4.69, 9.17) is 9.47 Å². The second-order valence-corrected chi connectivity index (χ2v) is 10.9. The summed E-state index contributed by atoms with van der Waals surface area (Å²) in [6, 6.07) is 13.3. The molecule has 2 unspecified atom stereocenters. The van der Waals surface area contributed by atoms with Gasteiger partial charge in [0.15, 0.2) is 0 Å². The summed E-state index contributed by atoms with van der Waals surface area (Å²) < 4.78 is 36.6. The average Bonchev–Trinajstić information content (AvgIpc) is 2.88. The molecule has 0 fully saturated rings. The summed E-state index contributed by atoms with van der Waals surface area (Å²) in [5.74, 6) is 0.800. The van der Waals surface area contributed by atoms with Gasteiger partial charge in [-0.2, -0.15) is 0 Å². The monoisotopic (exact) mass is 533 g/mol. The maximum absolute atomic E-state index is 13.4. The van der Waals surface area contributed by atoms with Crippen molar-refractivity contribution in [1.82, 2.24) is 10.2 Å². The summed E-state index contributed by atoms with van der Waals surface area (Å²) in [5.41, 5.74) is 1.32. The van der Waals surface area contributed by atoms with Crippen LogP contribution >= 0.6 is 0 Å². The number of anilines is 1. The smallest absolute Gasteiger partial charge is 0.242 e. The molecule has 2 atom stereocenters. The third-order valence-corrected chi connectivity index (χ3v) is 7.36. The van der Waals surface area contributed by atoms with Gasteiger partial charge in [0, 0.05) is 25.6 Å². The van der Waals surface area contributed by atoms with E-state index in [2.05, 4.69) is 5.32 Å². The van der Waals surface area contributed by atoms with E-state index in [1.54, 1.807) is 38.3 Å². The molecule has 10 heteroatoms. The Balaban J connectivity index is 2.19. The van der Waals surface area contributed by atoms with Crippen LogP contribution < -0.4 is 19.1 Å². The van der Waals surface area contributed by atoms with E-state index >= 15 is 0 Å². The standard InChI is InChI=1S/C27H39N3O6S/c1-7-20(2)28-27(32)21(3)29(19-22-10-8-11-25(18-22)36-5)26(31)12-9-17-30(37(6,33)34)23-13-15-24(35-4)16-14-23/h8,10-11,13-16,18,20-21H,7,9,12,17,19H2,1-6H3,(H,28,32). The van der Waals surface area contributed by atoms with Gasteiger partial charge in [0.05, 0.1) is 26.2 Å². The Kier molecular flexibility index (Phi) is 11.2. The first-order chi connectivity index (χ1) is 17.5. The summed E-state index contributed by atoms with van der Waals surface area (Å²) in [5, 5.41) is 2.94. The van der Waals surface area contributed by atoms with Gasteiger partial charge in [0.1, 0.15) is 17.5 Å². The first kappa shape index (κ1) is 30.0. The third kappa shape index (κ3) is 8.96. The Bertz CT molecular complexity index is 1140. The molecule has 0 aliphatic heterocycles. The second-order valence-electron chi connectivity index (χ2n) is 9.00. The van der Waals surface area contributed by atoms with Crippen molar-refractivity contribution in [2.75, 3.05) is 31.3 Å². The van der Waals surface area contributed by atoms with Crippen molar-refractivity contribution in [3.8, 4) is 11.5 Å². The number of benzene rings is 2. The predicted octanol–water partition coefficient (Wildman–Crippen LogP) is 3.58. The molecule has 2 amide bonds. The lowest BCUT2D eigenvalue weighted by Crippen LogP contribution is -2.49. The zero-order chi connectivity index (χ0) is 27.6. The van der Waals surface area contributed by atoms with Gasteiger partial charge in [0.25, 0.3) is 0 Å². The molecule has 2 rings (SSSR count). The number of amides is 2. The number of hydrogen-bond donors (Lipinski definition) is 1. The van der Waals surface area contributed by atoms with E-state index in [0.29, 0.717) is 17.2 Å². The average molecular weight is 534 g/mol. The van der Waals surface area contributed by atoms with Crippen LogP contribution in [0.15, 0.2) is 48.5 Å². The fourth-order valence-electron chi connectivity index (χ4n) is 3.77. The molecule has 9 nitrogen and oxygen atoms in total. The Morgan fingerprint density at radius 2 is 1.65 bits per heavy atom. The molecule has 2 aromatic rings. The van der Waals surface area contributed by atoms with Gasteiger partial charge >= 0.3 is 0 Å². The van der Waals surface area contributed by atoms with Crippen LogP contribution in [0.4, 0.5) is 5.69 Å². The number of ether oxygens (including phenoxy) is 2. The summed E-state index contributed by atoms with van der Waals surface area (Å²) in [6.07, 6.45) is 2.27. The molecule has 1 N–H and O–H groups in total. The zero-order valence-corrected chi connectivity index (χ0v) is 23.4. The summed E-state index contributed by atoms with van der Waals surface area (Å²) in [7, 11) is -0.460. The Morgan fingerprint density at radius 1 is 1.00 bits per heavy atom. The van der Waals surface area contributed by atoms with Gasteiger partial charge < -0.3 is 19.7 Å². The first-order valence-electron chi connectivity index (χ1n) is 12.3. The Labute approximate surface area is 220 Å². The molecule has 0 aromatic heterocycles. The first-order valence-corrected chi connectivity index (χ1v) is 14.2. The lowest BCUT2D eigenvalue weighted by Gasteiger charge is -2.30. The maximum atomic E-state index is 13.4. The predicted molar refractivity (Wildman–Crippen MR) is 145 cm³/mol. The number of carbonyl (C=O) groups is 2. The van der Waals surface area contributed by atoms with Crippen molar-refractivity contribution < 1.29 is 27.5 Å². The Morgan fingerprint density at radius 3 is 2.22 bits per heavy atom. The van der Waals surface area contributed by atoms with E-state index in [1.165, 1.54) is 16.3 Å². The fraction of sp³-hybridized carbons (Fsp3) is 0.481. The van der Waals surface area contributed by atoms with Crippen molar-refractivity contribution in [3.05, 3.63) is 54.1 Å². The second kappa shape index (κ2) is 13.9. The van der Waals surface area contributed by atoms with Gasteiger partial charge in [-0.25, -0.2) is 8.42 Å². The zero-order valence-electron chi connectivity index (χ0n) is 22.6. The number of sulfonamides is 1. The van der Waals surface area contributed by atoms with E-state index in [1.807, 2.05) is 38.1 Å². The molecular weight excluding hydrogens is 494 g/mol. The minimum absolute atomic E-state index is 0.0171. The number of nitrogens with one attached hydrogen (secondary N) is 1. The van der Waals surface area contributed by atoms with Crippen LogP contribution in [-0.4, -0.2) is 64.2 Å². The molecule has 0 aliphatic carbocycles. The van der Waals surface area contributed by atoms with Gasteiger partial charge in [-0.05, 0) is 68.7 Å². The van der Waals surface area contributed by atoms with Gasteiger partial charge in [0.2, 0.25) is 21.8 Å². The number of rotatable bonds is 14. The van der Waals surface area contributed by atoms with Crippen LogP contribution in [0.3, 0.4) is 0 Å². The summed E-state index contributed by atoms with van der Waals surface area (Å²) in [6.45, 7) is 5.94. The van der Waals surface area contributed by atoms with E-state index in [9.17, 15) is 18.0 Å². The largest absolute Gasteiger partial charge is 0.497 e. The van der Waals surface area contributed by atoms with Crippen LogP contribution in [-0.2, 0) is 26.2 Å². The molecule has 2 aromatic carbocycles. The Hall–Kier alpha value is -3.27. The summed E-state index contributed by atoms with van der Waals surface area (Å²) in [4.78, 5) is 27.8. The van der Waals surface area contributed by atoms with Crippen molar-refractivity contribution in [2.45, 2.75) is 58.7 Å². The minimum Gasteiger partial charge on any atom is -0.497 e. The molecule has 0 heterocycles. The van der Waals surface area contributed by atoms with E-state index in [-0.39, 0.29) is 43.8 Å². The number of nitrogens with zero attached hydrogens (tertiary/aromatic N) is 2. The highest BCUT2D eigenvalue weighted by Crippen LogP contribution is 2.23. The third-order valence-electron chi connectivity index (χ3n) is 6.17. The molecule has 0 saturated heterocycles. The van der Waals surface area contributed by atoms with Crippen LogP contribution in [0, 0.1) is 0 Å². The number of methoxy groups -OCH3 is 2. The highest BCUT2D eigenvalue weighted by atomic mass is 32.2. The molecule has 0 radical (unpaired) electrons. The quantitative estimate of drug-likeness (QED) is 0.398. The molecular formula is C27H39N3O6S. The topological polar surface area (TPSA) is 105 Å². The van der Waals surface area contributed by atoms with E-state index < -0.39 is 16.1 Å².